The van der Waals surface area contributed by atoms with Crippen LogP contribution in [0.15, 0.2) is 23.1 Å². The fourth-order valence-corrected chi connectivity index (χ4v) is 2.09. The molecule has 19 heavy (non-hydrogen) atoms. The lowest BCUT2D eigenvalue weighted by Crippen LogP contribution is -2.13. The van der Waals surface area contributed by atoms with E-state index >= 15 is 0 Å². The highest BCUT2D eigenvalue weighted by molar-refractivity contribution is 7.90. The van der Waals surface area contributed by atoms with Crippen molar-refractivity contribution in [2.24, 2.45) is 0 Å². The third kappa shape index (κ3) is 4.96. The number of anilines is 1. The van der Waals surface area contributed by atoms with Crippen LogP contribution in [0, 0.1) is 5.82 Å². The molecule has 0 aliphatic carbocycles. The van der Waals surface area contributed by atoms with Crippen LogP contribution < -0.4 is 5.32 Å². The number of aliphatic hydroxyl groups excluding tert-OH is 1. The maximum Gasteiger partial charge on any atom is 0.224 e. The van der Waals surface area contributed by atoms with Crippen LogP contribution in [0.25, 0.3) is 0 Å². The first kappa shape index (κ1) is 15.6. The molecule has 2 N–H and O–H groups in total. The van der Waals surface area contributed by atoms with E-state index in [1.807, 2.05) is 0 Å². The van der Waals surface area contributed by atoms with Crippen molar-refractivity contribution >= 4 is 21.4 Å². The Hall–Kier alpha value is -1.47. The predicted octanol–water partition coefficient (Wildman–Crippen LogP) is 1.33. The first-order valence-electron chi connectivity index (χ1n) is 5.75. The van der Waals surface area contributed by atoms with Gasteiger partial charge in [-0.05, 0) is 31.0 Å². The van der Waals surface area contributed by atoms with E-state index in [9.17, 15) is 17.6 Å². The van der Waals surface area contributed by atoms with Gasteiger partial charge in [0.25, 0.3) is 0 Å². The molecule has 0 spiro atoms. The Balaban J connectivity index is 2.80. The number of benzene rings is 1. The van der Waals surface area contributed by atoms with Gasteiger partial charge in [-0.2, -0.15) is 0 Å². The third-order valence-electron chi connectivity index (χ3n) is 2.45. The van der Waals surface area contributed by atoms with E-state index < -0.39 is 21.6 Å². The topological polar surface area (TPSA) is 83.5 Å². The van der Waals surface area contributed by atoms with Crippen molar-refractivity contribution in [2.75, 3.05) is 18.2 Å². The van der Waals surface area contributed by atoms with Gasteiger partial charge < -0.3 is 10.4 Å². The van der Waals surface area contributed by atoms with Crippen molar-refractivity contribution in [1.82, 2.24) is 0 Å². The predicted molar refractivity (Wildman–Crippen MR) is 69.1 cm³/mol. The normalized spacial score (nSPS) is 11.3. The number of aliphatic hydroxyl groups is 1. The molecular formula is C12H16FNO4S. The minimum atomic E-state index is -3.45. The molecule has 0 bridgehead atoms. The van der Waals surface area contributed by atoms with E-state index in [1.165, 1.54) is 0 Å². The molecule has 0 atom stereocenters. The number of hydrogen-bond donors (Lipinski definition) is 2. The first-order chi connectivity index (χ1) is 8.84. The van der Waals surface area contributed by atoms with E-state index in [0.717, 1.165) is 24.5 Å². The highest BCUT2D eigenvalue weighted by Gasteiger charge is 2.12. The molecule has 0 saturated carbocycles. The Kier molecular flexibility index (Phi) is 5.44. The summed E-state index contributed by atoms with van der Waals surface area (Å²) in [5, 5.41) is 10.9. The number of halogens is 1. The SMILES string of the molecule is CS(=O)(=O)c1ccc(F)c(NC(=O)CCCCO)c1. The molecular weight excluding hydrogens is 273 g/mol. The number of hydrogen-bond acceptors (Lipinski definition) is 4. The summed E-state index contributed by atoms with van der Waals surface area (Å²) in [7, 11) is -3.45. The zero-order valence-corrected chi connectivity index (χ0v) is 11.3. The Bertz CT molecular complexity index is 557. The summed E-state index contributed by atoms with van der Waals surface area (Å²) in [6.45, 7) is -0.00873. The third-order valence-corrected chi connectivity index (χ3v) is 3.56. The van der Waals surface area contributed by atoms with Crippen LogP contribution in [-0.4, -0.2) is 32.3 Å². The molecule has 0 heterocycles. The Morgan fingerprint density at radius 2 is 2.05 bits per heavy atom. The lowest BCUT2D eigenvalue weighted by Gasteiger charge is -2.08. The molecule has 1 amide bonds. The van der Waals surface area contributed by atoms with Crippen LogP contribution >= 0.6 is 0 Å². The fourth-order valence-electron chi connectivity index (χ4n) is 1.44. The molecule has 106 valence electrons. The van der Waals surface area contributed by atoms with Gasteiger partial charge in [0, 0.05) is 19.3 Å². The van der Waals surface area contributed by atoms with Gasteiger partial charge in [-0.3, -0.25) is 4.79 Å². The van der Waals surface area contributed by atoms with Crippen molar-refractivity contribution in [3.63, 3.8) is 0 Å². The van der Waals surface area contributed by atoms with Crippen molar-refractivity contribution in [2.45, 2.75) is 24.2 Å². The summed E-state index contributed by atoms with van der Waals surface area (Å²) < 4.78 is 36.1. The molecule has 1 rings (SSSR count). The average Bonchev–Trinajstić information content (AvgIpc) is 2.31. The van der Waals surface area contributed by atoms with Crippen LogP contribution in [0.5, 0.6) is 0 Å². The summed E-state index contributed by atoms with van der Waals surface area (Å²) >= 11 is 0. The van der Waals surface area contributed by atoms with Gasteiger partial charge in [0.15, 0.2) is 9.84 Å². The number of unbranched alkanes of at least 4 members (excludes halogenated alkanes) is 1. The van der Waals surface area contributed by atoms with Crippen LogP contribution in [0.2, 0.25) is 0 Å². The number of carbonyl (C=O) groups is 1. The lowest BCUT2D eigenvalue weighted by molar-refractivity contribution is -0.116. The maximum absolute atomic E-state index is 13.5. The molecule has 0 saturated heterocycles. The van der Waals surface area contributed by atoms with E-state index in [1.54, 1.807) is 0 Å². The van der Waals surface area contributed by atoms with Gasteiger partial charge in [0.2, 0.25) is 5.91 Å². The van der Waals surface area contributed by atoms with Gasteiger partial charge in [-0.25, -0.2) is 12.8 Å². The van der Waals surface area contributed by atoms with Crippen LogP contribution in [-0.2, 0) is 14.6 Å². The van der Waals surface area contributed by atoms with E-state index in [2.05, 4.69) is 5.32 Å². The van der Waals surface area contributed by atoms with Crippen LogP contribution in [0.1, 0.15) is 19.3 Å². The van der Waals surface area contributed by atoms with E-state index in [0.29, 0.717) is 12.8 Å². The molecule has 0 fully saturated rings. The molecule has 0 radical (unpaired) electrons. The number of nitrogens with one attached hydrogen (secondary N) is 1. The van der Waals surface area contributed by atoms with Crippen molar-refractivity contribution in [1.29, 1.82) is 0 Å². The smallest absolute Gasteiger partial charge is 0.224 e. The standard InChI is InChI=1S/C12H16FNO4S/c1-19(17,18)9-5-6-10(13)11(8-9)14-12(16)4-2-3-7-15/h5-6,8,15H,2-4,7H2,1H3,(H,14,16). The largest absolute Gasteiger partial charge is 0.396 e. The summed E-state index contributed by atoms with van der Waals surface area (Å²) in [4.78, 5) is 11.4. The second kappa shape index (κ2) is 6.63. The number of sulfone groups is 1. The van der Waals surface area contributed by atoms with Gasteiger partial charge in [0.1, 0.15) is 5.82 Å². The van der Waals surface area contributed by atoms with Gasteiger partial charge >= 0.3 is 0 Å². The quantitative estimate of drug-likeness (QED) is 0.611. The minimum absolute atomic E-state index is 0.00873. The Morgan fingerprint density at radius 3 is 2.63 bits per heavy atom. The zero-order valence-electron chi connectivity index (χ0n) is 10.5. The molecule has 1 aromatic rings. The minimum Gasteiger partial charge on any atom is -0.396 e. The summed E-state index contributed by atoms with van der Waals surface area (Å²) in [5.41, 5.74) is -0.156. The first-order valence-corrected chi connectivity index (χ1v) is 7.64. The van der Waals surface area contributed by atoms with Crippen LogP contribution in [0.3, 0.4) is 0 Å². The Labute approximate surface area is 111 Å². The average molecular weight is 289 g/mol. The van der Waals surface area contributed by atoms with Crippen molar-refractivity contribution < 1.29 is 22.7 Å². The summed E-state index contributed by atoms with van der Waals surface area (Å²) in [5.74, 6) is -1.11. The Morgan fingerprint density at radius 1 is 1.37 bits per heavy atom. The molecule has 0 unspecified atom stereocenters. The molecule has 5 nitrogen and oxygen atoms in total. The lowest BCUT2D eigenvalue weighted by atomic mass is 10.2. The van der Waals surface area contributed by atoms with Crippen molar-refractivity contribution in [3.05, 3.63) is 24.0 Å². The summed E-state index contributed by atoms with van der Waals surface area (Å²) in [6, 6.07) is 3.24. The van der Waals surface area contributed by atoms with E-state index in [4.69, 9.17) is 5.11 Å². The second-order valence-corrected chi connectivity index (χ2v) is 6.16. The molecule has 7 heteroatoms. The molecule has 0 aliphatic rings. The summed E-state index contributed by atoms with van der Waals surface area (Å²) in [6.07, 6.45) is 2.12. The number of amides is 1. The molecule has 0 aromatic heterocycles. The number of rotatable bonds is 6. The fraction of sp³-hybridized carbons (Fsp3) is 0.417. The van der Waals surface area contributed by atoms with Gasteiger partial charge in [-0.1, -0.05) is 0 Å². The monoisotopic (exact) mass is 289 g/mol. The second-order valence-electron chi connectivity index (χ2n) is 4.14. The zero-order chi connectivity index (χ0) is 14.5. The number of carbonyl (C=O) groups excluding carboxylic acids is 1. The van der Waals surface area contributed by atoms with Crippen LogP contribution in [0.4, 0.5) is 10.1 Å². The highest BCUT2D eigenvalue weighted by Crippen LogP contribution is 2.19. The maximum atomic E-state index is 13.5. The molecule has 1 aromatic carbocycles. The molecule has 0 aliphatic heterocycles. The van der Waals surface area contributed by atoms with E-state index in [-0.39, 0.29) is 23.6 Å². The van der Waals surface area contributed by atoms with Gasteiger partial charge in [-0.15, -0.1) is 0 Å². The van der Waals surface area contributed by atoms with Gasteiger partial charge in [0.05, 0.1) is 10.6 Å². The highest BCUT2D eigenvalue weighted by atomic mass is 32.2. The van der Waals surface area contributed by atoms with Crippen molar-refractivity contribution in [3.8, 4) is 0 Å².